The number of hydrogen-bond acceptors (Lipinski definition) is 4. The third kappa shape index (κ3) is 6.57. The molecule has 1 aliphatic heterocycles. The Bertz CT molecular complexity index is 408. The fraction of sp³-hybridized carbons (Fsp3) is 0.944. The Kier molecular flexibility index (Phi) is 7.50. The molecule has 1 saturated heterocycles. The van der Waals surface area contributed by atoms with Crippen LogP contribution in [0.4, 0.5) is 4.79 Å². The third-order valence-electron chi connectivity index (χ3n) is 5.35. The zero-order valence-corrected chi connectivity index (χ0v) is 17.1. The molecular weight excluding hydrogens is 302 g/mol. The van der Waals surface area contributed by atoms with Crippen molar-refractivity contribution < 1.29 is 4.79 Å². The van der Waals surface area contributed by atoms with Crippen LogP contribution in [0.15, 0.2) is 0 Å². The summed E-state index contributed by atoms with van der Waals surface area (Å²) in [5, 5.41) is 6.09. The predicted octanol–water partition coefficient (Wildman–Crippen LogP) is 1.29. The van der Waals surface area contributed by atoms with Crippen LogP contribution in [-0.2, 0) is 0 Å². The van der Waals surface area contributed by atoms with E-state index in [0.29, 0.717) is 6.54 Å². The molecule has 1 rings (SSSR count). The molecule has 6 heteroatoms. The number of piperazine rings is 1. The molecule has 0 aromatic heterocycles. The van der Waals surface area contributed by atoms with Crippen molar-refractivity contribution in [2.75, 3.05) is 60.4 Å². The summed E-state index contributed by atoms with van der Waals surface area (Å²) < 4.78 is 0. The summed E-state index contributed by atoms with van der Waals surface area (Å²) in [6, 6.07) is 0.0465. The van der Waals surface area contributed by atoms with Crippen molar-refractivity contribution in [2.24, 2.45) is 5.41 Å². The van der Waals surface area contributed by atoms with E-state index < -0.39 is 0 Å². The highest BCUT2D eigenvalue weighted by Gasteiger charge is 2.31. The summed E-state index contributed by atoms with van der Waals surface area (Å²) in [4.78, 5) is 19.1. The molecule has 24 heavy (non-hydrogen) atoms. The lowest BCUT2D eigenvalue weighted by Gasteiger charge is -2.45. The summed E-state index contributed by atoms with van der Waals surface area (Å²) in [6.45, 7) is 16.7. The normalized spacial score (nSPS) is 20.9. The van der Waals surface area contributed by atoms with E-state index >= 15 is 0 Å². The fourth-order valence-corrected chi connectivity index (χ4v) is 3.25. The van der Waals surface area contributed by atoms with Crippen molar-refractivity contribution in [1.82, 2.24) is 25.3 Å². The second kappa shape index (κ2) is 8.50. The number of nitrogens with zero attached hydrogens (tertiary/aromatic N) is 3. The summed E-state index contributed by atoms with van der Waals surface area (Å²) in [5.41, 5.74) is 0.230. The molecule has 1 unspecified atom stereocenters. The van der Waals surface area contributed by atoms with Gasteiger partial charge in [0, 0.05) is 50.8 Å². The van der Waals surface area contributed by atoms with E-state index in [1.54, 1.807) is 0 Å². The lowest BCUT2D eigenvalue weighted by atomic mass is 9.85. The van der Waals surface area contributed by atoms with Crippen molar-refractivity contribution >= 4 is 6.03 Å². The number of carbonyl (C=O) groups excluding carboxylic acids is 1. The molecule has 0 aliphatic carbocycles. The van der Waals surface area contributed by atoms with Gasteiger partial charge >= 0.3 is 6.03 Å². The van der Waals surface area contributed by atoms with Crippen molar-refractivity contribution in [3.05, 3.63) is 0 Å². The first-order chi connectivity index (χ1) is 10.9. The molecule has 142 valence electrons. The van der Waals surface area contributed by atoms with Crippen LogP contribution in [0.5, 0.6) is 0 Å². The number of hydrogen-bond donors (Lipinski definition) is 2. The first-order valence-electron chi connectivity index (χ1n) is 9.07. The summed E-state index contributed by atoms with van der Waals surface area (Å²) in [7, 11) is 6.30. The van der Waals surface area contributed by atoms with Gasteiger partial charge in [-0.2, -0.15) is 0 Å². The number of likely N-dealkylation sites (N-methyl/N-ethyl adjacent to an activating group) is 1. The predicted molar refractivity (Wildman–Crippen MR) is 101 cm³/mol. The van der Waals surface area contributed by atoms with Crippen LogP contribution in [0.25, 0.3) is 0 Å². The van der Waals surface area contributed by atoms with Gasteiger partial charge in [0.25, 0.3) is 0 Å². The lowest BCUT2D eigenvalue weighted by Crippen LogP contribution is -2.58. The number of amides is 2. The molecular formula is C18H39N5O. The van der Waals surface area contributed by atoms with Crippen LogP contribution < -0.4 is 10.6 Å². The Hall–Kier alpha value is -0.850. The Morgan fingerprint density at radius 3 is 2.46 bits per heavy atom. The fourth-order valence-electron chi connectivity index (χ4n) is 3.25. The molecule has 0 bridgehead atoms. The van der Waals surface area contributed by atoms with Gasteiger partial charge in [0.05, 0.1) is 0 Å². The smallest absolute Gasteiger partial charge is 0.315 e. The number of carbonyl (C=O) groups is 1. The molecule has 0 radical (unpaired) electrons. The lowest BCUT2D eigenvalue weighted by molar-refractivity contribution is 0.0410. The van der Waals surface area contributed by atoms with Crippen LogP contribution >= 0.6 is 0 Å². The molecule has 1 fully saturated rings. The van der Waals surface area contributed by atoms with Crippen LogP contribution in [0.1, 0.15) is 34.6 Å². The van der Waals surface area contributed by atoms with Crippen LogP contribution in [0, 0.1) is 5.41 Å². The molecule has 1 heterocycles. The topological polar surface area (TPSA) is 50.9 Å². The number of nitrogens with one attached hydrogen (secondary N) is 2. The number of urea groups is 1. The Balaban J connectivity index is 2.32. The molecule has 6 nitrogen and oxygen atoms in total. The minimum Gasteiger partial charge on any atom is -0.337 e. The molecule has 2 N–H and O–H groups in total. The minimum absolute atomic E-state index is 0.0301. The van der Waals surface area contributed by atoms with E-state index in [0.717, 1.165) is 32.7 Å². The minimum atomic E-state index is -0.0669. The highest BCUT2D eigenvalue weighted by Crippen LogP contribution is 2.21. The van der Waals surface area contributed by atoms with Crippen LogP contribution in [0.2, 0.25) is 0 Å². The van der Waals surface area contributed by atoms with Crippen molar-refractivity contribution in [3.8, 4) is 0 Å². The van der Waals surface area contributed by atoms with E-state index in [1.807, 2.05) is 0 Å². The largest absolute Gasteiger partial charge is 0.337 e. The van der Waals surface area contributed by atoms with Gasteiger partial charge in [0.1, 0.15) is 0 Å². The first kappa shape index (κ1) is 21.2. The van der Waals surface area contributed by atoms with E-state index in [4.69, 9.17) is 0 Å². The Labute approximate surface area is 148 Å². The quantitative estimate of drug-likeness (QED) is 0.733. The van der Waals surface area contributed by atoms with Gasteiger partial charge in [-0.25, -0.2) is 4.79 Å². The SMILES string of the molecule is CC(NC(=O)NCCN1CCN(C)C(C)(C)C1)C(C)(C)CN(C)C. The van der Waals surface area contributed by atoms with Crippen LogP contribution in [0.3, 0.4) is 0 Å². The first-order valence-corrected chi connectivity index (χ1v) is 9.07. The maximum atomic E-state index is 12.1. The average Bonchev–Trinajstić information content (AvgIpc) is 2.41. The standard InChI is InChI=1S/C18H39N5O/c1-15(17(2,3)13-21(6)7)20-16(24)19-9-10-23-12-11-22(8)18(4,5)14-23/h15H,9-14H2,1-8H3,(H2,19,20,24). The third-order valence-corrected chi connectivity index (χ3v) is 5.35. The van der Waals surface area contributed by atoms with Gasteiger partial charge in [0.15, 0.2) is 0 Å². The van der Waals surface area contributed by atoms with E-state index in [2.05, 4.69) is 81.1 Å². The highest BCUT2D eigenvalue weighted by atomic mass is 16.2. The van der Waals surface area contributed by atoms with E-state index in [-0.39, 0.29) is 23.0 Å². The number of rotatable bonds is 7. The Morgan fingerprint density at radius 1 is 1.29 bits per heavy atom. The zero-order chi connectivity index (χ0) is 18.5. The van der Waals surface area contributed by atoms with Crippen molar-refractivity contribution in [1.29, 1.82) is 0 Å². The molecule has 0 aromatic carbocycles. The monoisotopic (exact) mass is 341 g/mol. The van der Waals surface area contributed by atoms with Gasteiger partial charge in [-0.1, -0.05) is 13.8 Å². The van der Waals surface area contributed by atoms with Gasteiger partial charge in [-0.15, -0.1) is 0 Å². The molecule has 1 atom stereocenters. The van der Waals surface area contributed by atoms with Gasteiger partial charge in [0.2, 0.25) is 0 Å². The van der Waals surface area contributed by atoms with E-state index in [9.17, 15) is 4.79 Å². The molecule has 0 spiro atoms. The summed E-state index contributed by atoms with van der Waals surface area (Å²) >= 11 is 0. The van der Waals surface area contributed by atoms with E-state index in [1.165, 1.54) is 0 Å². The summed E-state index contributed by atoms with van der Waals surface area (Å²) in [6.07, 6.45) is 0. The summed E-state index contributed by atoms with van der Waals surface area (Å²) in [5.74, 6) is 0. The maximum Gasteiger partial charge on any atom is 0.315 e. The highest BCUT2D eigenvalue weighted by molar-refractivity contribution is 5.74. The second-order valence-corrected chi connectivity index (χ2v) is 8.86. The molecule has 2 amide bonds. The second-order valence-electron chi connectivity index (χ2n) is 8.86. The van der Waals surface area contributed by atoms with Gasteiger partial charge < -0.3 is 15.5 Å². The zero-order valence-electron chi connectivity index (χ0n) is 17.1. The average molecular weight is 342 g/mol. The van der Waals surface area contributed by atoms with Gasteiger partial charge in [-0.05, 0) is 47.3 Å². The molecule has 0 saturated carbocycles. The Morgan fingerprint density at radius 2 is 1.92 bits per heavy atom. The molecule has 0 aromatic rings. The molecule has 1 aliphatic rings. The van der Waals surface area contributed by atoms with Crippen molar-refractivity contribution in [2.45, 2.75) is 46.2 Å². The van der Waals surface area contributed by atoms with Crippen LogP contribution in [-0.4, -0.2) is 92.7 Å². The van der Waals surface area contributed by atoms with Crippen molar-refractivity contribution in [3.63, 3.8) is 0 Å². The van der Waals surface area contributed by atoms with Gasteiger partial charge in [-0.3, -0.25) is 9.80 Å². The maximum absolute atomic E-state index is 12.1.